The molecule has 0 atom stereocenters. The van der Waals surface area contributed by atoms with Crippen molar-refractivity contribution < 1.29 is 23.2 Å². The first-order valence-electron chi connectivity index (χ1n) is 8.84. The van der Waals surface area contributed by atoms with Crippen molar-refractivity contribution >= 4 is 29.1 Å². The number of aryl methyl sites for hydroxylation is 1. The zero-order valence-corrected chi connectivity index (χ0v) is 16.7. The molecule has 0 spiro atoms. The van der Waals surface area contributed by atoms with Crippen LogP contribution in [0.4, 0.5) is 5.69 Å². The first kappa shape index (κ1) is 20.6. The van der Waals surface area contributed by atoms with Crippen molar-refractivity contribution in [3.8, 4) is 11.7 Å². The van der Waals surface area contributed by atoms with Gasteiger partial charge >= 0.3 is 0 Å². The van der Waals surface area contributed by atoms with Crippen LogP contribution in [0, 0.1) is 6.92 Å². The molecule has 8 nitrogen and oxygen atoms in total. The summed E-state index contributed by atoms with van der Waals surface area (Å²) < 4.78 is 15.7. The van der Waals surface area contributed by atoms with E-state index >= 15 is 0 Å². The summed E-state index contributed by atoms with van der Waals surface area (Å²) in [4.78, 5) is 29.0. The van der Waals surface area contributed by atoms with Crippen LogP contribution < -0.4 is 10.6 Å². The van der Waals surface area contributed by atoms with Crippen molar-refractivity contribution in [2.75, 3.05) is 25.6 Å². The molecular weight excluding hydrogens is 398 g/mol. The summed E-state index contributed by atoms with van der Waals surface area (Å²) in [5.74, 6) is 0.679. The van der Waals surface area contributed by atoms with E-state index < -0.39 is 0 Å². The molecule has 0 fully saturated rings. The summed E-state index contributed by atoms with van der Waals surface area (Å²) in [6.07, 6.45) is 1.50. The molecular formula is C20H20ClN3O5. The zero-order valence-electron chi connectivity index (χ0n) is 16.0. The van der Waals surface area contributed by atoms with E-state index in [9.17, 15) is 9.59 Å². The van der Waals surface area contributed by atoms with Crippen molar-refractivity contribution in [3.63, 3.8) is 0 Å². The van der Waals surface area contributed by atoms with Crippen LogP contribution in [0.3, 0.4) is 0 Å². The van der Waals surface area contributed by atoms with Gasteiger partial charge in [0.05, 0.1) is 35.7 Å². The molecule has 0 saturated heterocycles. The Balaban J connectivity index is 1.67. The number of carbonyl (C=O) groups is 2. The lowest BCUT2D eigenvalue weighted by atomic mass is 10.1. The van der Waals surface area contributed by atoms with E-state index in [1.165, 1.54) is 12.3 Å². The fraction of sp³-hybridized carbons (Fsp3) is 0.250. The predicted molar refractivity (Wildman–Crippen MR) is 107 cm³/mol. The number of ether oxygens (including phenoxy) is 1. The molecule has 3 rings (SSSR count). The summed E-state index contributed by atoms with van der Waals surface area (Å²) in [5, 5.41) is 5.74. The Kier molecular flexibility index (Phi) is 6.69. The average Bonchev–Trinajstić information content (AvgIpc) is 3.34. The fourth-order valence-electron chi connectivity index (χ4n) is 2.58. The Bertz CT molecular complexity index is 998. The van der Waals surface area contributed by atoms with Crippen molar-refractivity contribution in [3.05, 3.63) is 58.6 Å². The number of amides is 2. The minimum atomic E-state index is -0.341. The van der Waals surface area contributed by atoms with Crippen molar-refractivity contribution in [1.29, 1.82) is 0 Å². The second kappa shape index (κ2) is 9.40. The third-order valence-corrected chi connectivity index (χ3v) is 4.38. The van der Waals surface area contributed by atoms with Gasteiger partial charge in [-0.3, -0.25) is 9.59 Å². The Hall–Kier alpha value is -3.10. The number of hydrogen-bond acceptors (Lipinski definition) is 6. The average molecular weight is 418 g/mol. The Morgan fingerprint density at radius 2 is 2.10 bits per heavy atom. The molecule has 2 amide bonds. The van der Waals surface area contributed by atoms with Crippen LogP contribution >= 0.6 is 11.6 Å². The molecule has 29 heavy (non-hydrogen) atoms. The number of carbonyl (C=O) groups excluding carboxylic acids is 2. The molecule has 1 aromatic carbocycles. The molecule has 2 aromatic heterocycles. The molecule has 0 aliphatic heterocycles. The SMILES string of the molecule is COCCNC(=O)c1ccc(Cl)c(NC(=O)Cc2nc(-c3ccco3)oc2C)c1. The van der Waals surface area contributed by atoms with Gasteiger partial charge in [-0.05, 0) is 37.3 Å². The molecule has 3 aromatic rings. The molecule has 0 radical (unpaired) electrons. The van der Waals surface area contributed by atoms with Crippen LogP contribution in [0.2, 0.25) is 5.02 Å². The molecule has 2 N–H and O–H groups in total. The van der Waals surface area contributed by atoms with Crippen molar-refractivity contribution in [1.82, 2.24) is 10.3 Å². The summed E-state index contributed by atoms with van der Waals surface area (Å²) in [6, 6.07) is 8.10. The number of methoxy groups -OCH3 is 1. The number of oxazole rings is 1. The number of benzene rings is 1. The number of rotatable bonds is 8. The Labute approximate surface area is 172 Å². The van der Waals surface area contributed by atoms with Crippen LogP contribution in [0.15, 0.2) is 45.4 Å². The highest BCUT2D eigenvalue weighted by atomic mass is 35.5. The second-order valence-electron chi connectivity index (χ2n) is 6.17. The van der Waals surface area contributed by atoms with Gasteiger partial charge in [-0.25, -0.2) is 4.98 Å². The smallest absolute Gasteiger partial charge is 0.263 e. The number of hydrogen-bond donors (Lipinski definition) is 2. The monoisotopic (exact) mass is 417 g/mol. The lowest BCUT2D eigenvalue weighted by Crippen LogP contribution is -2.27. The lowest BCUT2D eigenvalue weighted by molar-refractivity contribution is -0.115. The van der Waals surface area contributed by atoms with E-state index in [1.807, 2.05) is 0 Å². The van der Waals surface area contributed by atoms with E-state index in [-0.39, 0.29) is 18.2 Å². The van der Waals surface area contributed by atoms with Gasteiger partial charge in [0, 0.05) is 19.2 Å². The first-order chi connectivity index (χ1) is 14.0. The standard InChI is InChI=1S/C20H20ClN3O5/c1-12-15(24-20(29-12)17-4-3-8-28-17)11-18(25)23-16-10-13(5-6-14(16)21)19(26)22-7-9-27-2/h3-6,8,10H,7,9,11H2,1-2H3,(H,22,26)(H,23,25). The summed E-state index contributed by atoms with van der Waals surface area (Å²) >= 11 is 6.16. The molecule has 2 heterocycles. The van der Waals surface area contributed by atoms with Gasteiger partial charge < -0.3 is 24.2 Å². The zero-order chi connectivity index (χ0) is 20.8. The maximum atomic E-state index is 12.5. The van der Waals surface area contributed by atoms with Crippen LogP contribution in [0.5, 0.6) is 0 Å². The Morgan fingerprint density at radius 1 is 1.28 bits per heavy atom. The molecule has 0 aliphatic carbocycles. The predicted octanol–water partition coefficient (Wildman–Crippen LogP) is 3.45. The fourth-order valence-corrected chi connectivity index (χ4v) is 2.74. The van der Waals surface area contributed by atoms with Gasteiger partial charge in [0.15, 0.2) is 5.76 Å². The van der Waals surface area contributed by atoms with Gasteiger partial charge in [0.2, 0.25) is 5.91 Å². The number of halogens is 1. The van der Waals surface area contributed by atoms with E-state index in [4.69, 9.17) is 25.2 Å². The number of aromatic nitrogens is 1. The molecule has 0 saturated carbocycles. The number of furan rings is 1. The number of nitrogens with one attached hydrogen (secondary N) is 2. The largest absolute Gasteiger partial charge is 0.459 e. The van der Waals surface area contributed by atoms with Crippen LogP contribution in [0.25, 0.3) is 11.7 Å². The topological polar surface area (TPSA) is 107 Å². The quantitative estimate of drug-likeness (QED) is 0.543. The highest BCUT2D eigenvalue weighted by molar-refractivity contribution is 6.33. The first-order valence-corrected chi connectivity index (χ1v) is 9.22. The summed E-state index contributed by atoms with van der Waals surface area (Å²) in [7, 11) is 1.55. The molecule has 0 aliphatic rings. The van der Waals surface area contributed by atoms with Gasteiger partial charge in [-0.1, -0.05) is 11.6 Å². The lowest BCUT2D eigenvalue weighted by Gasteiger charge is -2.10. The third kappa shape index (κ3) is 5.24. The second-order valence-corrected chi connectivity index (χ2v) is 6.57. The molecule has 152 valence electrons. The van der Waals surface area contributed by atoms with Crippen LogP contribution in [-0.2, 0) is 16.0 Å². The summed E-state index contributed by atoms with van der Waals surface area (Å²) in [5.41, 5.74) is 1.19. The van der Waals surface area contributed by atoms with Crippen LogP contribution in [-0.4, -0.2) is 37.1 Å². The van der Waals surface area contributed by atoms with E-state index in [1.54, 1.807) is 38.3 Å². The van der Waals surface area contributed by atoms with Crippen molar-refractivity contribution in [2.24, 2.45) is 0 Å². The molecule has 0 unspecified atom stereocenters. The summed E-state index contributed by atoms with van der Waals surface area (Å²) in [6.45, 7) is 2.50. The minimum Gasteiger partial charge on any atom is -0.459 e. The maximum absolute atomic E-state index is 12.5. The van der Waals surface area contributed by atoms with Gasteiger partial charge in [0.25, 0.3) is 11.8 Å². The highest BCUT2D eigenvalue weighted by Crippen LogP contribution is 2.25. The van der Waals surface area contributed by atoms with E-state index in [0.717, 1.165) is 0 Å². The maximum Gasteiger partial charge on any atom is 0.263 e. The van der Waals surface area contributed by atoms with Gasteiger partial charge in [-0.15, -0.1) is 0 Å². The number of nitrogens with zero attached hydrogens (tertiary/aromatic N) is 1. The van der Waals surface area contributed by atoms with Gasteiger partial charge in [0.1, 0.15) is 5.76 Å². The molecule has 9 heteroatoms. The number of anilines is 1. The van der Waals surface area contributed by atoms with Crippen molar-refractivity contribution in [2.45, 2.75) is 13.3 Å². The van der Waals surface area contributed by atoms with E-state index in [2.05, 4.69) is 15.6 Å². The minimum absolute atomic E-state index is 0.0172. The van der Waals surface area contributed by atoms with E-state index in [0.29, 0.717) is 52.5 Å². The van der Waals surface area contributed by atoms with Crippen LogP contribution in [0.1, 0.15) is 21.8 Å². The highest BCUT2D eigenvalue weighted by Gasteiger charge is 2.17. The van der Waals surface area contributed by atoms with Gasteiger partial charge in [-0.2, -0.15) is 0 Å². The Morgan fingerprint density at radius 3 is 2.83 bits per heavy atom. The normalized spacial score (nSPS) is 10.7. The molecule has 0 bridgehead atoms. The third-order valence-electron chi connectivity index (χ3n) is 4.05.